The Labute approximate surface area is 166 Å². The van der Waals surface area contributed by atoms with Crippen LogP contribution in [0.2, 0.25) is 0 Å². The van der Waals surface area contributed by atoms with Gasteiger partial charge in [-0.1, -0.05) is 24.3 Å². The molecule has 0 amide bonds. The summed E-state index contributed by atoms with van der Waals surface area (Å²) in [4.78, 5) is 23.5. The fraction of sp³-hybridized carbons (Fsp3) is 0.350. The third-order valence-corrected chi connectivity index (χ3v) is 5.30. The topological polar surface area (TPSA) is 60.2 Å². The summed E-state index contributed by atoms with van der Waals surface area (Å²) < 4.78 is 76.7. The number of halogens is 6. The van der Waals surface area contributed by atoms with Gasteiger partial charge in [0.25, 0.3) is 0 Å². The molecule has 4 nitrogen and oxygen atoms in total. The highest BCUT2D eigenvalue weighted by Crippen LogP contribution is 2.43. The van der Waals surface area contributed by atoms with Crippen LogP contribution in [-0.4, -0.2) is 16.7 Å². The van der Waals surface area contributed by atoms with Gasteiger partial charge in [0.1, 0.15) is 5.78 Å². The molecule has 0 aromatic heterocycles. The lowest BCUT2D eigenvalue weighted by Crippen LogP contribution is -2.40. The highest BCUT2D eigenvalue weighted by Gasteiger charge is 2.47. The second-order valence-corrected chi connectivity index (χ2v) is 7.18. The first kappa shape index (κ1) is 21.8. The standard InChI is InChI=1S/C20H15F6NO3/c21-19(22,23)13-5-1-11(2-6-13)16-9-15(28)10-17(18(16)27(29)30)12-3-7-14(8-4-12)20(24,25)26/h1-8,16-18H,9-10H2/t16-,17-/m1/s1. The van der Waals surface area contributed by atoms with E-state index >= 15 is 0 Å². The van der Waals surface area contributed by atoms with Crippen LogP contribution in [-0.2, 0) is 17.1 Å². The molecular formula is C20H15F6NO3. The normalized spacial score (nSPS) is 20.9. The Bertz CT molecular complexity index is 865. The lowest BCUT2D eigenvalue weighted by atomic mass is 9.71. The van der Waals surface area contributed by atoms with E-state index in [2.05, 4.69) is 0 Å². The molecule has 1 aliphatic carbocycles. The quantitative estimate of drug-likeness (QED) is 0.361. The lowest BCUT2D eigenvalue weighted by Gasteiger charge is -2.32. The van der Waals surface area contributed by atoms with Crippen molar-refractivity contribution in [3.63, 3.8) is 0 Å². The van der Waals surface area contributed by atoms with E-state index in [0.29, 0.717) is 0 Å². The average Bonchev–Trinajstić information content (AvgIpc) is 2.66. The second kappa shape index (κ2) is 7.73. The van der Waals surface area contributed by atoms with Crippen LogP contribution in [0.5, 0.6) is 0 Å². The smallest absolute Gasteiger partial charge is 0.300 e. The number of alkyl halides is 6. The summed E-state index contributed by atoms with van der Waals surface area (Å²) in [5.41, 5.74) is -1.44. The summed E-state index contributed by atoms with van der Waals surface area (Å²) in [6, 6.07) is 6.21. The first-order valence-corrected chi connectivity index (χ1v) is 8.87. The van der Waals surface area contributed by atoms with Crippen LogP contribution in [0.25, 0.3) is 0 Å². The lowest BCUT2D eigenvalue weighted by molar-refractivity contribution is -0.532. The monoisotopic (exact) mass is 431 g/mol. The highest BCUT2D eigenvalue weighted by molar-refractivity contribution is 5.81. The largest absolute Gasteiger partial charge is 0.416 e. The van der Waals surface area contributed by atoms with Crippen molar-refractivity contribution in [3.05, 3.63) is 80.9 Å². The Morgan fingerprint density at radius 3 is 1.33 bits per heavy atom. The molecule has 2 aromatic carbocycles. The van der Waals surface area contributed by atoms with Crippen molar-refractivity contribution >= 4 is 5.78 Å². The van der Waals surface area contributed by atoms with Gasteiger partial charge in [0.15, 0.2) is 0 Å². The van der Waals surface area contributed by atoms with E-state index in [1.54, 1.807) is 0 Å². The Balaban J connectivity index is 1.97. The van der Waals surface area contributed by atoms with E-state index in [1.807, 2.05) is 0 Å². The van der Waals surface area contributed by atoms with Crippen molar-refractivity contribution in [1.29, 1.82) is 0 Å². The maximum atomic E-state index is 12.8. The Kier molecular flexibility index (Phi) is 5.62. The maximum absolute atomic E-state index is 12.8. The summed E-state index contributed by atoms with van der Waals surface area (Å²) in [6.45, 7) is 0. The number of Topliss-reactive ketones (excluding diaryl/α,β-unsaturated/α-hetero) is 1. The van der Waals surface area contributed by atoms with Crippen LogP contribution in [0.3, 0.4) is 0 Å². The number of nitrogens with zero attached hydrogens (tertiary/aromatic N) is 1. The van der Waals surface area contributed by atoms with Crippen molar-refractivity contribution in [1.82, 2.24) is 0 Å². The van der Waals surface area contributed by atoms with Crippen molar-refractivity contribution < 1.29 is 36.1 Å². The number of carbonyl (C=O) groups is 1. The van der Waals surface area contributed by atoms with Crippen LogP contribution >= 0.6 is 0 Å². The molecule has 0 N–H and O–H groups in total. The van der Waals surface area contributed by atoms with Gasteiger partial charge in [-0.2, -0.15) is 26.3 Å². The molecule has 0 aliphatic heterocycles. The molecule has 1 saturated carbocycles. The summed E-state index contributed by atoms with van der Waals surface area (Å²) in [6.07, 6.45) is -9.61. The van der Waals surface area contributed by atoms with Gasteiger partial charge < -0.3 is 0 Å². The molecule has 0 heterocycles. The summed E-state index contributed by atoms with van der Waals surface area (Å²) in [7, 11) is 0. The zero-order valence-electron chi connectivity index (χ0n) is 15.2. The van der Waals surface area contributed by atoms with Gasteiger partial charge in [-0.05, 0) is 35.4 Å². The van der Waals surface area contributed by atoms with Gasteiger partial charge in [-0.25, -0.2) is 0 Å². The molecule has 1 fully saturated rings. The maximum Gasteiger partial charge on any atom is 0.416 e. The Hall–Kier alpha value is -2.91. The fourth-order valence-corrected chi connectivity index (χ4v) is 3.86. The van der Waals surface area contributed by atoms with Gasteiger partial charge in [0, 0.05) is 17.8 Å². The molecule has 160 valence electrons. The van der Waals surface area contributed by atoms with Crippen molar-refractivity contribution in [2.24, 2.45) is 0 Å². The fourth-order valence-electron chi connectivity index (χ4n) is 3.86. The van der Waals surface area contributed by atoms with E-state index in [1.165, 1.54) is 0 Å². The van der Waals surface area contributed by atoms with Crippen LogP contribution < -0.4 is 0 Å². The van der Waals surface area contributed by atoms with Gasteiger partial charge in [-0.15, -0.1) is 0 Å². The summed E-state index contributed by atoms with van der Waals surface area (Å²) in [5, 5.41) is 11.8. The third-order valence-electron chi connectivity index (χ3n) is 5.30. The number of benzene rings is 2. The molecular weight excluding hydrogens is 416 g/mol. The van der Waals surface area contributed by atoms with E-state index in [9.17, 15) is 41.3 Å². The van der Waals surface area contributed by atoms with Gasteiger partial charge in [-0.3, -0.25) is 14.9 Å². The minimum Gasteiger partial charge on any atom is -0.300 e. The van der Waals surface area contributed by atoms with Gasteiger partial charge in [0.05, 0.1) is 23.0 Å². The zero-order valence-corrected chi connectivity index (χ0v) is 15.2. The van der Waals surface area contributed by atoms with E-state index in [-0.39, 0.29) is 29.8 Å². The number of rotatable bonds is 3. The number of hydrogen-bond donors (Lipinski definition) is 0. The predicted molar refractivity (Wildman–Crippen MR) is 93.4 cm³/mol. The van der Waals surface area contributed by atoms with Crippen LogP contribution in [0, 0.1) is 10.1 Å². The molecule has 10 heteroatoms. The minimum absolute atomic E-state index is 0.203. The molecule has 30 heavy (non-hydrogen) atoms. The molecule has 0 saturated heterocycles. The van der Waals surface area contributed by atoms with Crippen LogP contribution in [0.15, 0.2) is 48.5 Å². The molecule has 2 atom stereocenters. The van der Waals surface area contributed by atoms with Crippen molar-refractivity contribution in [2.45, 2.75) is 43.1 Å². The van der Waals surface area contributed by atoms with Gasteiger partial charge >= 0.3 is 12.4 Å². The number of hydrogen-bond acceptors (Lipinski definition) is 3. The summed E-state index contributed by atoms with van der Waals surface area (Å²) >= 11 is 0. The Morgan fingerprint density at radius 2 is 1.07 bits per heavy atom. The van der Waals surface area contributed by atoms with E-state index in [4.69, 9.17) is 0 Å². The average molecular weight is 431 g/mol. The SMILES string of the molecule is O=C1C[C@H](c2ccc(C(F)(F)F)cc2)C([N+](=O)[O-])[C@@H](c2ccc(C(F)(F)F)cc2)C1. The highest BCUT2D eigenvalue weighted by atomic mass is 19.4. The molecule has 0 unspecified atom stereocenters. The third kappa shape index (κ3) is 4.47. The molecule has 3 rings (SSSR count). The number of carbonyl (C=O) groups excluding carboxylic acids is 1. The van der Waals surface area contributed by atoms with Crippen LogP contribution in [0.1, 0.15) is 46.9 Å². The van der Waals surface area contributed by atoms with E-state index < -0.39 is 46.3 Å². The summed E-state index contributed by atoms with van der Waals surface area (Å²) in [5.74, 6) is -2.32. The van der Waals surface area contributed by atoms with E-state index in [0.717, 1.165) is 48.5 Å². The minimum atomic E-state index is -4.58. The molecule has 0 spiro atoms. The van der Waals surface area contributed by atoms with Gasteiger partial charge in [0.2, 0.25) is 6.04 Å². The molecule has 0 bridgehead atoms. The Morgan fingerprint density at radius 1 is 0.733 bits per heavy atom. The molecule has 1 aliphatic rings. The zero-order chi connectivity index (χ0) is 22.3. The molecule has 0 radical (unpaired) electrons. The number of nitro groups is 1. The first-order chi connectivity index (χ1) is 13.9. The first-order valence-electron chi connectivity index (χ1n) is 8.87. The van der Waals surface area contributed by atoms with Crippen molar-refractivity contribution in [3.8, 4) is 0 Å². The van der Waals surface area contributed by atoms with Crippen molar-refractivity contribution in [2.75, 3.05) is 0 Å². The van der Waals surface area contributed by atoms with Crippen LogP contribution in [0.4, 0.5) is 26.3 Å². The predicted octanol–water partition coefficient (Wildman–Crippen LogP) is 5.60. The second-order valence-electron chi connectivity index (χ2n) is 7.18. The molecule has 2 aromatic rings. The number of ketones is 1.